The number of benzene rings is 1. The van der Waals surface area contributed by atoms with Gasteiger partial charge in [-0.15, -0.1) is 0 Å². The van der Waals surface area contributed by atoms with Gasteiger partial charge in [0.05, 0.1) is 4.90 Å². The highest BCUT2D eigenvalue weighted by Crippen LogP contribution is 2.12. The Morgan fingerprint density at radius 2 is 2.08 bits per heavy atom. The van der Waals surface area contributed by atoms with Crippen molar-refractivity contribution in [2.24, 2.45) is 5.92 Å². The minimum absolute atomic E-state index is 0.00832. The van der Waals surface area contributed by atoms with Gasteiger partial charge < -0.3 is 10.1 Å². The van der Waals surface area contributed by atoms with E-state index in [1.807, 2.05) is 13.8 Å². The molecule has 1 aromatic heterocycles. The van der Waals surface area contributed by atoms with E-state index < -0.39 is 10.0 Å². The number of rotatable bonds is 9. The molecular formula is C16H22N4O5S. The smallest absolute Gasteiger partial charge is 0.278 e. The van der Waals surface area contributed by atoms with E-state index >= 15 is 0 Å². The molecule has 2 aromatic rings. The molecule has 10 heteroatoms. The van der Waals surface area contributed by atoms with E-state index in [0.717, 1.165) is 0 Å². The van der Waals surface area contributed by atoms with Crippen molar-refractivity contribution in [3.63, 3.8) is 0 Å². The number of carbonyl (C=O) groups is 1. The molecule has 0 bridgehead atoms. The van der Waals surface area contributed by atoms with Crippen LogP contribution >= 0.6 is 0 Å². The lowest BCUT2D eigenvalue weighted by atomic mass is 10.2. The predicted molar refractivity (Wildman–Crippen MR) is 93.3 cm³/mol. The fraction of sp³-hybridized carbons (Fsp3) is 0.438. The van der Waals surface area contributed by atoms with Crippen LogP contribution in [0.1, 0.15) is 29.9 Å². The maximum absolute atomic E-state index is 12.4. The molecule has 26 heavy (non-hydrogen) atoms. The second kappa shape index (κ2) is 8.77. The molecule has 2 N–H and O–H groups in total. The quantitative estimate of drug-likeness (QED) is 0.623. The number of hydrogen-bond acceptors (Lipinski definition) is 7. The summed E-state index contributed by atoms with van der Waals surface area (Å²) in [5.41, 5.74) is 0.766. The second-order valence-corrected chi connectivity index (χ2v) is 7.80. The monoisotopic (exact) mass is 382 g/mol. The van der Waals surface area contributed by atoms with Gasteiger partial charge in [-0.25, -0.2) is 17.8 Å². The van der Waals surface area contributed by atoms with Crippen molar-refractivity contribution < 1.29 is 22.6 Å². The van der Waals surface area contributed by atoms with E-state index in [4.69, 9.17) is 4.74 Å². The largest absolute Gasteiger partial charge is 0.473 e. The molecule has 0 aliphatic rings. The summed E-state index contributed by atoms with van der Waals surface area (Å²) in [6, 6.07) is 5.86. The SMILES string of the molecule is Cc1nonc1OCCNS(=O)(=O)c1cccc(C(=O)NCC(C)C)c1. The molecule has 0 spiro atoms. The summed E-state index contributed by atoms with van der Waals surface area (Å²) in [7, 11) is -3.77. The van der Waals surface area contributed by atoms with Gasteiger partial charge in [0, 0.05) is 18.7 Å². The van der Waals surface area contributed by atoms with Gasteiger partial charge in [-0.1, -0.05) is 25.1 Å². The third-order valence-corrected chi connectivity index (χ3v) is 4.78. The number of hydrogen-bond donors (Lipinski definition) is 2. The minimum Gasteiger partial charge on any atom is -0.473 e. The second-order valence-electron chi connectivity index (χ2n) is 6.03. The number of carbonyl (C=O) groups excluding carboxylic acids is 1. The average Bonchev–Trinajstić information content (AvgIpc) is 3.01. The van der Waals surface area contributed by atoms with Crippen molar-refractivity contribution >= 4 is 15.9 Å². The van der Waals surface area contributed by atoms with Crippen LogP contribution in [-0.2, 0) is 10.0 Å². The molecule has 0 unspecified atom stereocenters. The van der Waals surface area contributed by atoms with Gasteiger partial charge in [0.25, 0.3) is 11.8 Å². The molecule has 0 aliphatic heterocycles. The van der Waals surface area contributed by atoms with Gasteiger partial charge in [0.15, 0.2) is 0 Å². The summed E-state index contributed by atoms with van der Waals surface area (Å²) in [5.74, 6) is 0.206. The van der Waals surface area contributed by atoms with Crippen LogP contribution in [0.2, 0.25) is 0 Å². The van der Waals surface area contributed by atoms with Gasteiger partial charge in [0.2, 0.25) is 10.0 Å². The predicted octanol–water partition coefficient (Wildman–Crippen LogP) is 1.12. The fourth-order valence-electron chi connectivity index (χ4n) is 1.97. The van der Waals surface area contributed by atoms with Crippen LogP contribution in [-0.4, -0.2) is 44.3 Å². The molecule has 1 aromatic carbocycles. The van der Waals surface area contributed by atoms with E-state index in [1.54, 1.807) is 13.0 Å². The van der Waals surface area contributed by atoms with E-state index in [-0.39, 0.29) is 35.4 Å². The summed E-state index contributed by atoms with van der Waals surface area (Å²) in [6.45, 7) is 6.21. The number of aromatic nitrogens is 2. The summed E-state index contributed by atoms with van der Waals surface area (Å²) in [6.07, 6.45) is 0. The van der Waals surface area contributed by atoms with Crippen LogP contribution in [0.25, 0.3) is 0 Å². The number of amides is 1. The zero-order valence-electron chi connectivity index (χ0n) is 14.9. The number of nitrogens with zero attached hydrogens (tertiary/aromatic N) is 2. The zero-order chi connectivity index (χ0) is 19.2. The molecule has 1 heterocycles. The molecule has 0 fully saturated rings. The summed E-state index contributed by atoms with van der Waals surface area (Å²) >= 11 is 0. The highest BCUT2D eigenvalue weighted by molar-refractivity contribution is 7.89. The number of nitrogens with one attached hydrogen (secondary N) is 2. The van der Waals surface area contributed by atoms with Gasteiger partial charge >= 0.3 is 0 Å². The Hall–Kier alpha value is -2.46. The molecule has 0 radical (unpaired) electrons. The minimum atomic E-state index is -3.77. The Balaban J connectivity index is 1.94. The van der Waals surface area contributed by atoms with E-state index in [1.165, 1.54) is 18.2 Å². The first-order chi connectivity index (χ1) is 12.3. The van der Waals surface area contributed by atoms with Crippen LogP contribution in [0.5, 0.6) is 5.88 Å². The van der Waals surface area contributed by atoms with Crippen molar-refractivity contribution in [1.82, 2.24) is 20.4 Å². The maximum atomic E-state index is 12.4. The topological polar surface area (TPSA) is 123 Å². The normalized spacial score (nSPS) is 11.5. The lowest BCUT2D eigenvalue weighted by Gasteiger charge is -2.10. The zero-order valence-corrected chi connectivity index (χ0v) is 15.7. The van der Waals surface area contributed by atoms with Crippen LogP contribution in [0, 0.1) is 12.8 Å². The highest BCUT2D eigenvalue weighted by atomic mass is 32.2. The van der Waals surface area contributed by atoms with Gasteiger partial charge in [-0.05, 0) is 36.2 Å². The van der Waals surface area contributed by atoms with E-state index in [2.05, 4.69) is 25.0 Å². The van der Waals surface area contributed by atoms with Crippen molar-refractivity contribution in [1.29, 1.82) is 0 Å². The maximum Gasteiger partial charge on any atom is 0.278 e. The van der Waals surface area contributed by atoms with Crippen LogP contribution in [0.4, 0.5) is 0 Å². The van der Waals surface area contributed by atoms with Crippen LogP contribution in [0.3, 0.4) is 0 Å². The Bertz CT molecular complexity index is 848. The lowest BCUT2D eigenvalue weighted by molar-refractivity contribution is 0.0949. The number of ether oxygens (including phenoxy) is 1. The van der Waals surface area contributed by atoms with Crippen molar-refractivity contribution in [3.8, 4) is 5.88 Å². The standard InChI is InChI=1S/C16H22N4O5S/c1-11(2)10-17-15(21)13-5-4-6-14(9-13)26(22,23)18-7-8-24-16-12(3)19-25-20-16/h4-6,9,11,18H,7-8,10H2,1-3H3,(H,17,21). The van der Waals surface area contributed by atoms with E-state index in [9.17, 15) is 13.2 Å². The number of aryl methyl sites for hydroxylation is 1. The molecular weight excluding hydrogens is 360 g/mol. The molecule has 0 atom stereocenters. The van der Waals surface area contributed by atoms with Gasteiger partial charge in [0.1, 0.15) is 12.3 Å². The molecule has 2 rings (SSSR count). The first-order valence-corrected chi connectivity index (χ1v) is 9.58. The Morgan fingerprint density at radius 3 is 2.73 bits per heavy atom. The fourth-order valence-corrected chi connectivity index (χ4v) is 3.02. The lowest BCUT2D eigenvalue weighted by Crippen LogP contribution is -2.29. The third-order valence-electron chi connectivity index (χ3n) is 3.32. The summed E-state index contributed by atoms with van der Waals surface area (Å²) < 4.78 is 36.9. The summed E-state index contributed by atoms with van der Waals surface area (Å²) in [5, 5.41) is 9.85. The molecule has 0 aliphatic carbocycles. The van der Waals surface area contributed by atoms with Crippen molar-refractivity contribution in [3.05, 3.63) is 35.5 Å². The van der Waals surface area contributed by atoms with E-state index in [0.29, 0.717) is 18.2 Å². The highest BCUT2D eigenvalue weighted by Gasteiger charge is 2.16. The molecule has 1 amide bonds. The third kappa shape index (κ3) is 5.53. The van der Waals surface area contributed by atoms with Crippen LogP contribution in [0.15, 0.2) is 33.8 Å². The van der Waals surface area contributed by atoms with Crippen molar-refractivity contribution in [2.45, 2.75) is 25.7 Å². The van der Waals surface area contributed by atoms with Crippen LogP contribution < -0.4 is 14.8 Å². The molecule has 142 valence electrons. The first-order valence-electron chi connectivity index (χ1n) is 8.09. The first kappa shape index (κ1) is 19.9. The molecule has 0 saturated heterocycles. The average molecular weight is 382 g/mol. The number of sulfonamides is 1. The summed E-state index contributed by atoms with van der Waals surface area (Å²) in [4.78, 5) is 12.1. The Labute approximate surface area is 152 Å². The molecule has 9 nitrogen and oxygen atoms in total. The molecule has 0 saturated carbocycles. The Kier molecular flexibility index (Phi) is 6.70. The van der Waals surface area contributed by atoms with Gasteiger partial charge in [-0.3, -0.25) is 4.79 Å². The Morgan fingerprint density at radius 1 is 1.31 bits per heavy atom. The van der Waals surface area contributed by atoms with Crippen molar-refractivity contribution in [2.75, 3.05) is 19.7 Å². The van der Waals surface area contributed by atoms with Gasteiger partial charge in [-0.2, -0.15) is 0 Å².